The molecule has 1 heterocycles. The number of carbonyl (C=O) groups excluding carboxylic acids is 1. The lowest BCUT2D eigenvalue weighted by Crippen LogP contribution is -2.49. The van der Waals surface area contributed by atoms with Gasteiger partial charge in [-0.05, 0) is 52.2 Å². The topological polar surface area (TPSA) is 53.6 Å². The van der Waals surface area contributed by atoms with E-state index in [0.717, 1.165) is 25.9 Å². The van der Waals surface area contributed by atoms with Gasteiger partial charge in [0.1, 0.15) is 11.9 Å². The van der Waals surface area contributed by atoms with Gasteiger partial charge in [-0.2, -0.15) is 0 Å². The Hall–Kier alpha value is -1.21. The highest BCUT2D eigenvalue weighted by molar-refractivity contribution is 6.31. The molecule has 1 saturated heterocycles. The fourth-order valence-corrected chi connectivity index (χ4v) is 3.67. The van der Waals surface area contributed by atoms with Gasteiger partial charge in [0.2, 0.25) is 5.91 Å². The average Bonchev–Trinajstić information content (AvgIpc) is 2.57. The zero-order valence-corrected chi connectivity index (χ0v) is 15.8. The SMILES string of the molecule is COCC1(CNC(=O)C(c2c(F)cccc2Cl)N(C)C)CCNCC1. The first kappa shape index (κ1) is 20.1. The molecule has 1 amide bonds. The second kappa shape index (κ2) is 8.94. The molecule has 1 atom stereocenters. The highest BCUT2D eigenvalue weighted by atomic mass is 35.5. The number of piperidine rings is 1. The van der Waals surface area contributed by atoms with E-state index in [2.05, 4.69) is 10.6 Å². The van der Waals surface area contributed by atoms with E-state index in [1.165, 1.54) is 12.1 Å². The van der Waals surface area contributed by atoms with Gasteiger partial charge in [-0.1, -0.05) is 17.7 Å². The van der Waals surface area contributed by atoms with Crippen molar-refractivity contribution in [3.63, 3.8) is 0 Å². The highest BCUT2D eigenvalue weighted by Gasteiger charge is 2.34. The summed E-state index contributed by atoms with van der Waals surface area (Å²) in [6.07, 6.45) is 1.85. The maximum absolute atomic E-state index is 14.3. The third kappa shape index (κ3) is 4.91. The van der Waals surface area contributed by atoms with Crippen molar-refractivity contribution in [2.24, 2.45) is 5.41 Å². The zero-order valence-electron chi connectivity index (χ0n) is 15.1. The van der Waals surface area contributed by atoms with Crippen LogP contribution in [-0.4, -0.2) is 58.3 Å². The molecule has 1 unspecified atom stereocenters. The van der Waals surface area contributed by atoms with Crippen LogP contribution in [0.2, 0.25) is 5.02 Å². The highest BCUT2D eigenvalue weighted by Crippen LogP contribution is 2.31. The van der Waals surface area contributed by atoms with Gasteiger partial charge in [-0.3, -0.25) is 9.69 Å². The van der Waals surface area contributed by atoms with Crippen molar-refractivity contribution in [3.05, 3.63) is 34.6 Å². The van der Waals surface area contributed by atoms with Crippen LogP contribution in [-0.2, 0) is 9.53 Å². The van der Waals surface area contributed by atoms with Gasteiger partial charge >= 0.3 is 0 Å². The number of nitrogens with one attached hydrogen (secondary N) is 2. The summed E-state index contributed by atoms with van der Waals surface area (Å²) in [4.78, 5) is 14.5. The molecule has 0 saturated carbocycles. The Morgan fingerprint density at radius 3 is 2.68 bits per heavy atom. The first-order chi connectivity index (χ1) is 11.9. The predicted octanol–water partition coefficient (Wildman–Crippen LogP) is 2.21. The molecule has 0 spiro atoms. The van der Waals surface area contributed by atoms with Gasteiger partial charge in [-0.15, -0.1) is 0 Å². The molecule has 1 fully saturated rings. The summed E-state index contributed by atoms with van der Waals surface area (Å²) in [5.74, 6) is -0.735. The molecule has 1 aliphatic rings. The molecule has 7 heteroatoms. The maximum Gasteiger partial charge on any atom is 0.242 e. The normalized spacial score (nSPS) is 18.2. The van der Waals surface area contributed by atoms with Crippen molar-refractivity contribution in [2.45, 2.75) is 18.9 Å². The van der Waals surface area contributed by atoms with Crippen LogP contribution in [0.1, 0.15) is 24.4 Å². The lowest BCUT2D eigenvalue weighted by Gasteiger charge is -2.37. The fourth-order valence-electron chi connectivity index (χ4n) is 3.40. The molecule has 2 N–H and O–H groups in total. The van der Waals surface area contributed by atoms with E-state index in [1.54, 1.807) is 32.2 Å². The third-order valence-electron chi connectivity index (χ3n) is 4.79. The number of hydrogen-bond donors (Lipinski definition) is 2. The fraction of sp³-hybridized carbons (Fsp3) is 0.611. The van der Waals surface area contributed by atoms with E-state index in [9.17, 15) is 9.18 Å². The van der Waals surface area contributed by atoms with Gasteiger partial charge in [0.05, 0.1) is 6.61 Å². The molecule has 140 valence electrons. The van der Waals surface area contributed by atoms with E-state index < -0.39 is 11.9 Å². The first-order valence-corrected chi connectivity index (χ1v) is 8.86. The Morgan fingerprint density at radius 1 is 1.44 bits per heavy atom. The summed E-state index contributed by atoms with van der Waals surface area (Å²) < 4.78 is 19.7. The maximum atomic E-state index is 14.3. The zero-order chi connectivity index (χ0) is 18.4. The summed E-state index contributed by atoms with van der Waals surface area (Å²) in [6.45, 7) is 2.88. The minimum Gasteiger partial charge on any atom is -0.384 e. The number of benzene rings is 1. The Balaban J connectivity index is 2.15. The molecular formula is C18H27ClFN3O2. The van der Waals surface area contributed by atoms with Crippen LogP contribution in [0.4, 0.5) is 4.39 Å². The Bertz CT molecular complexity index is 566. The molecule has 1 aromatic carbocycles. The second-order valence-electron chi connectivity index (χ2n) is 6.90. The smallest absolute Gasteiger partial charge is 0.242 e. The number of carbonyl (C=O) groups is 1. The van der Waals surface area contributed by atoms with E-state index in [-0.39, 0.29) is 21.9 Å². The number of ether oxygens (including phenoxy) is 1. The van der Waals surface area contributed by atoms with Crippen LogP contribution in [0.15, 0.2) is 18.2 Å². The molecule has 5 nitrogen and oxygen atoms in total. The molecular weight excluding hydrogens is 345 g/mol. The van der Waals surface area contributed by atoms with Crippen molar-refractivity contribution in [1.82, 2.24) is 15.5 Å². The van der Waals surface area contributed by atoms with Crippen LogP contribution in [0, 0.1) is 11.2 Å². The Morgan fingerprint density at radius 2 is 2.12 bits per heavy atom. The number of methoxy groups -OCH3 is 1. The lowest BCUT2D eigenvalue weighted by molar-refractivity contribution is -0.126. The van der Waals surface area contributed by atoms with Gasteiger partial charge in [0, 0.05) is 29.7 Å². The van der Waals surface area contributed by atoms with Crippen LogP contribution in [0.3, 0.4) is 0 Å². The summed E-state index contributed by atoms with van der Waals surface area (Å²) in [6, 6.07) is 3.68. The molecule has 1 aliphatic heterocycles. The molecule has 25 heavy (non-hydrogen) atoms. The largest absolute Gasteiger partial charge is 0.384 e. The minimum absolute atomic E-state index is 0.0917. The average molecular weight is 372 g/mol. The van der Waals surface area contributed by atoms with E-state index in [0.29, 0.717) is 13.2 Å². The van der Waals surface area contributed by atoms with Crippen molar-refractivity contribution < 1.29 is 13.9 Å². The summed E-state index contributed by atoms with van der Waals surface area (Å²) in [7, 11) is 5.15. The number of amides is 1. The van der Waals surface area contributed by atoms with Gasteiger partial charge in [0.25, 0.3) is 0 Å². The van der Waals surface area contributed by atoms with Crippen LogP contribution in [0.25, 0.3) is 0 Å². The van der Waals surface area contributed by atoms with Crippen molar-refractivity contribution in [1.29, 1.82) is 0 Å². The summed E-state index contributed by atoms with van der Waals surface area (Å²) in [5.41, 5.74) is 0.115. The number of halogens is 2. The monoisotopic (exact) mass is 371 g/mol. The molecule has 2 rings (SSSR count). The van der Waals surface area contributed by atoms with Gasteiger partial charge in [-0.25, -0.2) is 4.39 Å². The quantitative estimate of drug-likeness (QED) is 0.771. The minimum atomic E-state index is -0.782. The Kier molecular flexibility index (Phi) is 7.19. The summed E-state index contributed by atoms with van der Waals surface area (Å²) in [5, 5.41) is 6.57. The number of nitrogens with zero attached hydrogens (tertiary/aromatic N) is 1. The third-order valence-corrected chi connectivity index (χ3v) is 5.12. The van der Waals surface area contributed by atoms with Crippen LogP contribution < -0.4 is 10.6 Å². The van der Waals surface area contributed by atoms with Crippen molar-refractivity contribution >= 4 is 17.5 Å². The predicted molar refractivity (Wildman–Crippen MR) is 97.3 cm³/mol. The Labute approximate surface area is 153 Å². The van der Waals surface area contributed by atoms with Crippen LogP contribution in [0.5, 0.6) is 0 Å². The van der Waals surface area contributed by atoms with E-state index in [4.69, 9.17) is 16.3 Å². The van der Waals surface area contributed by atoms with Crippen molar-refractivity contribution in [2.75, 3.05) is 47.4 Å². The van der Waals surface area contributed by atoms with Crippen molar-refractivity contribution in [3.8, 4) is 0 Å². The standard InChI is InChI=1S/C18H27ClFN3O2/c1-23(2)16(15-13(19)5-4-6-14(15)20)17(24)22-11-18(12-25-3)7-9-21-10-8-18/h4-6,16,21H,7-12H2,1-3H3,(H,22,24). The number of rotatable bonds is 7. The molecule has 1 aromatic rings. The van der Waals surface area contributed by atoms with Gasteiger partial charge in [0.15, 0.2) is 0 Å². The lowest BCUT2D eigenvalue weighted by atomic mass is 9.79. The molecule has 0 radical (unpaired) electrons. The molecule has 0 aliphatic carbocycles. The number of hydrogen-bond acceptors (Lipinski definition) is 4. The molecule has 0 aromatic heterocycles. The van der Waals surface area contributed by atoms with E-state index >= 15 is 0 Å². The summed E-state index contributed by atoms with van der Waals surface area (Å²) >= 11 is 6.16. The number of likely N-dealkylation sites (N-methyl/N-ethyl adjacent to an activating group) is 1. The second-order valence-corrected chi connectivity index (χ2v) is 7.31. The van der Waals surface area contributed by atoms with E-state index in [1.807, 2.05) is 0 Å². The van der Waals surface area contributed by atoms with Gasteiger partial charge < -0.3 is 15.4 Å². The molecule has 0 bridgehead atoms. The first-order valence-electron chi connectivity index (χ1n) is 8.48. The van der Waals surface area contributed by atoms with Crippen LogP contribution >= 0.6 is 11.6 Å².